The summed E-state index contributed by atoms with van der Waals surface area (Å²) in [5.74, 6) is 0.899. The number of hydrogen-bond donors (Lipinski definition) is 1. The number of rotatable bonds is 7. The maximum absolute atomic E-state index is 12.5. The van der Waals surface area contributed by atoms with Crippen molar-refractivity contribution in [1.29, 1.82) is 0 Å². The number of carbonyl (C=O) groups is 2. The molecule has 3 rings (SSSR count). The molecular weight excluding hydrogens is 336 g/mol. The summed E-state index contributed by atoms with van der Waals surface area (Å²) in [4.78, 5) is 28.9. The van der Waals surface area contributed by atoms with Gasteiger partial charge in [-0.2, -0.15) is 11.3 Å². The Labute approximate surface area is 153 Å². The Bertz CT molecular complexity index is 575. The molecule has 0 radical (unpaired) electrons. The second kappa shape index (κ2) is 8.81. The fraction of sp³-hybridized carbons (Fsp3) is 0.684. The van der Waals surface area contributed by atoms with Gasteiger partial charge in [0.25, 0.3) is 0 Å². The standard InChI is InChI=1S/C19H28N2O3S/c22-11-2-1-9-21-17-7-10-20(13-16(17)4-6-19(21)24)18(23)5-3-15-8-12-25-14-15/h8,12,14,16-17,22H,1-7,9-11,13H2/t16-,17+/m0/s1. The fourth-order valence-electron chi connectivity index (χ4n) is 4.11. The molecule has 1 aromatic heterocycles. The van der Waals surface area contributed by atoms with Gasteiger partial charge in [0.05, 0.1) is 0 Å². The lowest BCUT2D eigenvalue weighted by Gasteiger charge is -2.47. The molecule has 0 aromatic carbocycles. The van der Waals surface area contributed by atoms with E-state index in [1.807, 2.05) is 9.80 Å². The summed E-state index contributed by atoms with van der Waals surface area (Å²) < 4.78 is 0. The third-order valence-corrected chi connectivity index (χ3v) is 6.24. The van der Waals surface area contributed by atoms with Crippen LogP contribution in [0.15, 0.2) is 16.8 Å². The van der Waals surface area contributed by atoms with E-state index in [2.05, 4.69) is 16.8 Å². The number of aliphatic hydroxyl groups is 1. The highest BCUT2D eigenvalue weighted by Crippen LogP contribution is 2.31. The number of aliphatic hydroxyl groups excluding tert-OH is 1. The van der Waals surface area contributed by atoms with Crippen LogP contribution in [0, 0.1) is 5.92 Å². The zero-order valence-electron chi connectivity index (χ0n) is 14.7. The minimum absolute atomic E-state index is 0.183. The Balaban J connectivity index is 1.52. The summed E-state index contributed by atoms with van der Waals surface area (Å²) in [5.41, 5.74) is 1.24. The largest absolute Gasteiger partial charge is 0.396 e. The number of carbonyl (C=O) groups excluding carboxylic acids is 2. The second-order valence-corrected chi connectivity index (χ2v) is 7.92. The quantitative estimate of drug-likeness (QED) is 0.755. The van der Waals surface area contributed by atoms with Crippen molar-refractivity contribution in [3.05, 3.63) is 22.4 Å². The van der Waals surface area contributed by atoms with E-state index in [4.69, 9.17) is 5.11 Å². The van der Waals surface area contributed by atoms with E-state index >= 15 is 0 Å². The summed E-state index contributed by atoms with van der Waals surface area (Å²) in [6.07, 6.45) is 5.38. The summed E-state index contributed by atoms with van der Waals surface area (Å²) in [6, 6.07) is 2.36. The Morgan fingerprint density at radius 1 is 1.32 bits per heavy atom. The number of aryl methyl sites for hydroxylation is 1. The van der Waals surface area contributed by atoms with Crippen LogP contribution in [0.5, 0.6) is 0 Å². The topological polar surface area (TPSA) is 60.9 Å². The van der Waals surface area contributed by atoms with Gasteiger partial charge in [-0.3, -0.25) is 9.59 Å². The summed E-state index contributed by atoms with van der Waals surface area (Å²) in [6.45, 7) is 2.47. The second-order valence-electron chi connectivity index (χ2n) is 7.14. The number of likely N-dealkylation sites (tertiary alicyclic amines) is 2. The van der Waals surface area contributed by atoms with Crippen molar-refractivity contribution < 1.29 is 14.7 Å². The van der Waals surface area contributed by atoms with Gasteiger partial charge in [0, 0.05) is 45.1 Å². The van der Waals surface area contributed by atoms with Crippen LogP contribution in [0.2, 0.25) is 0 Å². The molecule has 1 N–H and O–H groups in total. The Morgan fingerprint density at radius 3 is 2.96 bits per heavy atom. The van der Waals surface area contributed by atoms with Crippen LogP contribution in [0.25, 0.3) is 0 Å². The molecule has 138 valence electrons. The molecule has 2 fully saturated rings. The number of thiophene rings is 1. The van der Waals surface area contributed by atoms with E-state index < -0.39 is 0 Å². The van der Waals surface area contributed by atoms with Crippen LogP contribution in [0.1, 0.15) is 44.1 Å². The lowest BCUT2D eigenvalue weighted by molar-refractivity contribution is -0.144. The molecule has 3 heterocycles. The molecule has 6 heteroatoms. The lowest BCUT2D eigenvalue weighted by Crippen LogP contribution is -2.57. The number of piperidine rings is 2. The van der Waals surface area contributed by atoms with Crippen molar-refractivity contribution in [2.45, 2.75) is 51.0 Å². The maximum atomic E-state index is 12.5. The molecule has 5 nitrogen and oxygen atoms in total. The molecule has 0 unspecified atom stereocenters. The minimum atomic E-state index is 0.183. The van der Waals surface area contributed by atoms with Crippen LogP contribution in [-0.2, 0) is 16.0 Å². The first-order valence-corrected chi connectivity index (χ1v) is 10.3. The molecule has 2 aliphatic rings. The van der Waals surface area contributed by atoms with Gasteiger partial charge in [0.1, 0.15) is 0 Å². The summed E-state index contributed by atoms with van der Waals surface area (Å²) in [5, 5.41) is 13.1. The Hall–Kier alpha value is -1.40. The van der Waals surface area contributed by atoms with Crippen LogP contribution in [0.3, 0.4) is 0 Å². The third kappa shape index (κ3) is 4.61. The first kappa shape index (κ1) is 18.4. The molecule has 0 saturated carbocycles. The number of hydrogen-bond acceptors (Lipinski definition) is 4. The average Bonchev–Trinajstić information content (AvgIpc) is 3.15. The molecule has 25 heavy (non-hydrogen) atoms. The Kier molecular flexibility index (Phi) is 6.48. The summed E-state index contributed by atoms with van der Waals surface area (Å²) >= 11 is 1.67. The molecule has 2 amide bonds. The van der Waals surface area contributed by atoms with Crippen molar-refractivity contribution in [3.8, 4) is 0 Å². The highest BCUT2D eigenvalue weighted by Gasteiger charge is 2.39. The van der Waals surface area contributed by atoms with Crippen LogP contribution >= 0.6 is 11.3 Å². The van der Waals surface area contributed by atoms with Crippen molar-refractivity contribution in [2.24, 2.45) is 5.92 Å². The van der Waals surface area contributed by atoms with Gasteiger partial charge in [0.2, 0.25) is 11.8 Å². The first-order chi connectivity index (χ1) is 12.2. The maximum Gasteiger partial charge on any atom is 0.222 e. The van der Waals surface area contributed by atoms with Gasteiger partial charge >= 0.3 is 0 Å². The number of nitrogens with zero attached hydrogens (tertiary/aromatic N) is 2. The van der Waals surface area contributed by atoms with E-state index in [9.17, 15) is 9.59 Å². The van der Waals surface area contributed by atoms with Crippen LogP contribution < -0.4 is 0 Å². The average molecular weight is 365 g/mol. The van der Waals surface area contributed by atoms with E-state index in [0.29, 0.717) is 18.8 Å². The predicted molar refractivity (Wildman–Crippen MR) is 98.4 cm³/mol. The first-order valence-electron chi connectivity index (χ1n) is 9.38. The molecule has 2 aliphatic heterocycles. The molecule has 2 atom stereocenters. The van der Waals surface area contributed by atoms with E-state index in [1.54, 1.807) is 11.3 Å². The van der Waals surface area contributed by atoms with Crippen molar-refractivity contribution in [3.63, 3.8) is 0 Å². The van der Waals surface area contributed by atoms with E-state index in [0.717, 1.165) is 51.7 Å². The molecule has 0 aliphatic carbocycles. The Morgan fingerprint density at radius 2 is 2.20 bits per heavy atom. The number of unbranched alkanes of at least 4 members (excludes halogenated alkanes) is 1. The van der Waals surface area contributed by atoms with Crippen molar-refractivity contribution in [1.82, 2.24) is 9.80 Å². The molecule has 1 aromatic rings. The van der Waals surface area contributed by atoms with Crippen molar-refractivity contribution in [2.75, 3.05) is 26.2 Å². The minimum Gasteiger partial charge on any atom is -0.396 e. The highest BCUT2D eigenvalue weighted by molar-refractivity contribution is 7.07. The zero-order valence-corrected chi connectivity index (χ0v) is 15.5. The predicted octanol–water partition coefficient (Wildman–Crippen LogP) is 2.29. The normalized spacial score (nSPS) is 23.6. The van der Waals surface area contributed by atoms with Crippen LogP contribution in [0.4, 0.5) is 0 Å². The molecule has 0 bridgehead atoms. The van der Waals surface area contributed by atoms with Gasteiger partial charge in [-0.1, -0.05) is 0 Å². The monoisotopic (exact) mass is 364 g/mol. The van der Waals surface area contributed by atoms with Gasteiger partial charge in [-0.05, 0) is 60.4 Å². The summed E-state index contributed by atoms with van der Waals surface area (Å²) in [7, 11) is 0. The number of fused-ring (bicyclic) bond motifs is 1. The van der Waals surface area contributed by atoms with Crippen LogP contribution in [-0.4, -0.2) is 59.0 Å². The SMILES string of the molecule is O=C(CCc1ccsc1)N1CC[C@@H]2[C@@H](CCC(=O)N2CCCCO)C1. The highest BCUT2D eigenvalue weighted by atomic mass is 32.1. The van der Waals surface area contributed by atoms with Gasteiger partial charge in [-0.15, -0.1) is 0 Å². The number of amides is 2. The lowest BCUT2D eigenvalue weighted by atomic mass is 9.83. The van der Waals surface area contributed by atoms with Gasteiger partial charge in [-0.25, -0.2) is 0 Å². The van der Waals surface area contributed by atoms with Crippen molar-refractivity contribution >= 4 is 23.2 Å². The van der Waals surface area contributed by atoms with Gasteiger partial charge in [0.15, 0.2) is 0 Å². The molecular formula is C19H28N2O3S. The van der Waals surface area contributed by atoms with E-state index in [-0.39, 0.29) is 24.5 Å². The third-order valence-electron chi connectivity index (χ3n) is 5.51. The smallest absolute Gasteiger partial charge is 0.222 e. The zero-order chi connectivity index (χ0) is 17.6. The van der Waals surface area contributed by atoms with Gasteiger partial charge < -0.3 is 14.9 Å². The molecule has 2 saturated heterocycles. The fourth-order valence-corrected chi connectivity index (χ4v) is 4.81. The van der Waals surface area contributed by atoms with E-state index in [1.165, 1.54) is 5.56 Å². The molecule has 0 spiro atoms.